The van der Waals surface area contributed by atoms with Crippen LogP contribution in [0.15, 0.2) is 58.2 Å². The van der Waals surface area contributed by atoms with E-state index in [0.717, 1.165) is 12.0 Å². The molecule has 0 spiro atoms. The highest BCUT2D eigenvalue weighted by Crippen LogP contribution is 2.40. The van der Waals surface area contributed by atoms with Gasteiger partial charge in [-0.25, -0.2) is 4.79 Å². The molecule has 148 valence electrons. The topological polar surface area (TPSA) is 66.4 Å². The molecule has 0 aromatic heterocycles. The Hall–Kier alpha value is -2.36. The number of likely N-dealkylation sites (N-methyl/N-ethyl adjacent to an activating group) is 1. The molecule has 0 fully saturated rings. The molecule has 1 rings (SSSR count). The smallest absolute Gasteiger partial charge is 0.341 e. The second-order valence-corrected chi connectivity index (χ2v) is 7.76. The minimum Gasteiger partial charge on any atom is -0.477 e. The van der Waals surface area contributed by atoms with E-state index in [1.165, 1.54) is 24.0 Å². The Balaban J connectivity index is 2.96. The number of rotatable bonds is 7. The fourth-order valence-corrected chi connectivity index (χ4v) is 3.40. The summed E-state index contributed by atoms with van der Waals surface area (Å²) in [5.74, 6) is -1.78. The van der Waals surface area contributed by atoms with Crippen LogP contribution in [0.1, 0.15) is 60.8 Å². The largest absolute Gasteiger partial charge is 0.477 e. The molecule has 0 saturated heterocycles. The highest BCUT2D eigenvalue weighted by Gasteiger charge is 2.26. The molecule has 27 heavy (non-hydrogen) atoms. The predicted octanol–water partition coefficient (Wildman–Crippen LogP) is 5.11. The number of nitrogens with one attached hydrogen (secondary N) is 1. The first kappa shape index (κ1) is 22.7. The van der Waals surface area contributed by atoms with Crippen LogP contribution in [0.4, 0.5) is 0 Å². The van der Waals surface area contributed by atoms with E-state index >= 15 is 0 Å². The Morgan fingerprint density at radius 1 is 1.22 bits per heavy atom. The third kappa shape index (κ3) is 6.70. The van der Waals surface area contributed by atoms with Crippen molar-refractivity contribution >= 4 is 11.9 Å². The Labute approximate surface area is 163 Å². The van der Waals surface area contributed by atoms with Gasteiger partial charge in [0.1, 0.15) is 5.57 Å². The van der Waals surface area contributed by atoms with E-state index in [0.29, 0.717) is 12.1 Å². The van der Waals surface area contributed by atoms with Crippen LogP contribution in [-0.2, 0) is 9.59 Å². The predicted molar refractivity (Wildman–Crippen MR) is 111 cm³/mol. The zero-order valence-electron chi connectivity index (χ0n) is 17.5. The quantitative estimate of drug-likeness (QED) is 0.283. The molecular formula is C23H33NO3. The minimum absolute atomic E-state index is 0.206. The Morgan fingerprint density at radius 2 is 1.89 bits per heavy atom. The van der Waals surface area contributed by atoms with Crippen LogP contribution in [-0.4, -0.2) is 23.5 Å². The van der Waals surface area contributed by atoms with Gasteiger partial charge in [-0.2, -0.15) is 0 Å². The van der Waals surface area contributed by atoms with Gasteiger partial charge in [-0.1, -0.05) is 55.4 Å². The van der Waals surface area contributed by atoms with Crippen LogP contribution in [0.5, 0.6) is 0 Å². The molecule has 0 bridgehead atoms. The summed E-state index contributed by atoms with van der Waals surface area (Å²) in [4.78, 5) is 23.2. The van der Waals surface area contributed by atoms with Crippen molar-refractivity contribution in [2.45, 2.75) is 60.8 Å². The maximum Gasteiger partial charge on any atom is 0.341 e. The second-order valence-electron chi connectivity index (χ2n) is 7.76. The average molecular weight is 372 g/mol. The molecule has 0 aliphatic heterocycles. The lowest BCUT2D eigenvalue weighted by atomic mass is 9.72. The van der Waals surface area contributed by atoms with Crippen molar-refractivity contribution in [3.63, 3.8) is 0 Å². The van der Waals surface area contributed by atoms with Crippen molar-refractivity contribution in [1.82, 2.24) is 5.32 Å². The average Bonchev–Trinajstić information content (AvgIpc) is 2.53. The second kappa shape index (κ2) is 10.1. The molecule has 0 aromatic rings. The lowest BCUT2D eigenvalue weighted by molar-refractivity contribution is -0.135. The number of aliphatic carboxylic acids is 1. The van der Waals surface area contributed by atoms with Gasteiger partial charge in [-0.05, 0) is 63.5 Å². The molecule has 1 amide bonds. The monoisotopic (exact) mass is 371 g/mol. The van der Waals surface area contributed by atoms with E-state index < -0.39 is 11.9 Å². The molecule has 4 heteroatoms. The summed E-state index contributed by atoms with van der Waals surface area (Å²) >= 11 is 0. The third-order valence-corrected chi connectivity index (χ3v) is 4.93. The van der Waals surface area contributed by atoms with Crippen molar-refractivity contribution in [1.29, 1.82) is 0 Å². The summed E-state index contributed by atoms with van der Waals surface area (Å²) in [6, 6.07) is 0. The van der Waals surface area contributed by atoms with Gasteiger partial charge in [0, 0.05) is 6.54 Å². The molecule has 0 unspecified atom stereocenters. The van der Waals surface area contributed by atoms with Crippen molar-refractivity contribution in [2.75, 3.05) is 6.54 Å². The molecule has 0 radical (unpaired) electrons. The Bertz CT molecular complexity index is 731. The van der Waals surface area contributed by atoms with Gasteiger partial charge >= 0.3 is 5.97 Å². The number of amides is 1. The SMILES string of the molecule is CCNC(=O)/C(C(=O)O)=C(\C)C=CC=C(C)C=CC1=C(C)CCCC1(C)C. The summed E-state index contributed by atoms with van der Waals surface area (Å²) in [5.41, 5.74) is 4.34. The van der Waals surface area contributed by atoms with E-state index in [-0.39, 0.29) is 11.0 Å². The third-order valence-electron chi connectivity index (χ3n) is 4.93. The first-order valence-electron chi connectivity index (χ1n) is 9.55. The van der Waals surface area contributed by atoms with E-state index in [4.69, 9.17) is 0 Å². The fraction of sp³-hybridized carbons (Fsp3) is 0.478. The van der Waals surface area contributed by atoms with Crippen molar-refractivity contribution < 1.29 is 14.7 Å². The number of allylic oxidation sites excluding steroid dienone is 9. The Morgan fingerprint density at radius 3 is 2.44 bits per heavy atom. The van der Waals surface area contributed by atoms with Crippen molar-refractivity contribution in [2.24, 2.45) is 5.41 Å². The number of carboxylic acids is 1. The highest BCUT2D eigenvalue weighted by atomic mass is 16.4. The zero-order chi connectivity index (χ0) is 20.6. The number of hydrogen-bond acceptors (Lipinski definition) is 2. The zero-order valence-corrected chi connectivity index (χ0v) is 17.5. The summed E-state index contributed by atoms with van der Waals surface area (Å²) in [6.45, 7) is 12.6. The molecule has 2 N–H and O–H groups in total. The highest BCUT2D eigenvalue weighted by molar-refractivity contribution is 6.16. The molecule has 0 aromatic carbocycles. The van der Waals surface area contributed by atoms with Crippen LogP contribution in [0.3, 0.4) is 0 Å². The van der Waals surface area contributed by atoms with Crippen LogP contribution in [0.25, 0.3) is 0 Å². The van der Waals surface area contributed by atoms with Crippen molar-refractivity contribution in [3.8, 4) is 0 Å². The van der Waals surface area contributed by atoms with Gasteiger partial charge in [-0.15, -0.1) is 0 Å². The minimum atomic E-state index is -1.22. The van der Waals surface area contributed by atoms with Crippen LogP contribution in [0, 0.1) is 5.41 Å². The van der Waals surface area contributed by atoms with Gasteiger partial charge in [0.25, 0.3) is 5.91 Å². The molecule has 1 aliphatic rings. The van der Waals surface area contributed by atoms with Gasteiger partial charge in [0.15, 0.2) is 0 Å². The number of carboxylic acid groups (broad SMARTS) is 1. The van der Waals surface area contributed by atoms with Gasteiger partial charge in [0.05, 0.1) is 0 Å². The van der Waals surface area contributed by atoms with Crippen molar-refractivity contribution in [3.05, 3.63) is 58.2 Å². The van der Waals surface area contributed by atoms with Crippen LogP contribution < -0.4 is 5.32 Å². The van der Waals surface area contributed by atoms with E-state index in [2.05, 4.69) is 38.2 Å². The van der Waals surface area contributed by atoms with Gasteiger partial charge in [-0.3, -0.25) is 4.79 Å². The van der Waals surface area contributed by atoms with Crippen LogP contribution in [0.2, 0.25) is 0 Å². The number of carbonyl (C=O) groups is 2. The van der Waals surface area contributed by atoms with E-state index in [1.807, 2.05) is 13.0 Å². The first-order valence-corrected chi connectivity index (χ1v) is 9.55. The molecule has 4 nitrogen and oxygen atoms in total. The Kier molecular flexibility index (Phi) is 8.48. The lowest BCUT2D eigenvalue weighted by Gasteiger charge is -2.32. The molecule has 0 heterocycles. The molecular weight excluding hydrogens is 338 g/mol. The molecule has 1 aliphatic carbocycles. The molecule has 0 saturated carbocycles. The number of carbonyl (C=O) groups excluding carboxylic acids is 1. The molecule has 0 atom stereocenters. The fourth-order valence-electron chi connectivity index (χ4n) is 3.40. The summed E-state index contributed by atoms with van der Waals surface area (Å²) in [7, 11) is 0. The summed E-state index contributed by atoms with van der Waals surface area (Å²) < 4.78 is 0. The van der Waals surface area contributed by atoms with Gasteiger partial charge in [0.2, 0.25) is 0 Å². The van der Waals surface area contributed by atoms with Crippen LogP contribution >= 0.6 is 0 Å². The standard InChI is InChI=1S/C23H33NO3/c1-7-24-21(25)20(22(26)27)18(4)11-8-10-16(2)13-14-19-17(3)12-9-15-23(19,5)6/h8,10-11,13-14H,7,9,12,15H2,1-6H3,(H,24,25)(H,26,27)/b11-8?,14-13?,16-10?,20-18-. The summed E-state index contributed by atoms with van der Waals surface area (Å²) in [5, 5.41) is 11.8. The first-order chi connectivity index (χ1) is 12.6. The number of hydrogen-bond donors (Lipinski definition) is 2. The maximum absolute atomic E-state index is 11.9. The van der Waals surface area contributed by atoms with E-state index in [1.54, 1.807) is 26.0 Å². The van der Waals surface area contributed by atoms with Gasteiger partial charge < -0.3 is 10.4 Å². The maximum atomic E-state index is 11.9. The summed E-state index contributed by atoms with van der Waals surface area (Å²) in [6.07, 6.45) is 13.3. The lowest BCUT2D eigenvalue weighted by Crippen LogP contribution is -2.28. The van der Waals surface area contributed by atoms with E-state index in [9.17, 15) is 14.7 Å². The normalized spacial score (nSPS) is 18.8.